The normalized spacial score (nSPS) is 28.4. The van der Waals surface area contributed by atoms with E-state index in [9.17, 15) is 4.79 Å². The van der Waals surface area contributed by atoms with Gasteiger partial charge in [0.1, 0.15) is 5.76 Å². The van der Waals surface area contributed by atoms with Crippen LogP contribution in [0.15, 0.2) is 24.0 Å². The van der Waals surface area contributed by atoms with E-state index < -0.39 is 0 Å². The molecule has 3 atom stereocenters. The number of rotatable bonds is 3. The zero-order valence-electron chi connectivity index (χ0n) is 15.1. The third kappa shape index (κ3) is 2.71. The average molecular weight is 343 g/mol. The molecule has 1 aromatic carbocycles. The average Bonchev–Trinajstić information content (AvgIpc) is 2.64. The minimum absolute atomic E-state index is 0.195. The van der Waals surface area contributed by atoms with E-state index in [2.05, 4.69) is 17.0 Å². The lowest BCUT2D eigenvalue weighted by Gasteiger charge is -2.48. The third-order valence-corrected chi connectivity index (χ3v) is 6.00. The summed E-state index contributed by atoms with van der Waals surface area (Å²) in [5.41, 5.74) is 2.67. The van der Waals surface area contributed by atoms with E-state index in [1.54, 1.807) is 27.4 Å². The lowest BCUT2D eigenvalue weighted by Crippen LogP contribution is -2.48. The van der Waals surface area contributed by atoms with Gasteiger partial charge in [-0.05, 0) is 42.0 Å². The number of piperidine rings is 1. The number of ether oxygens (including phenoxy) is 3. The van der Waals surface area contributed by atoms with Crippen molar-refractivity contribution in [1.82, 2.24) is 4.90 Å². The summed E-state index contributed by atoms with van der Waals surface area (Å²) < 4.78 is 16.5. The molecule has 2 heterocycles. The number of allylic oxidation sites excluding steroid dienone is 2. The molecule has 1 saturated heterocycles. The maximum Gasteiger partial charge on any atom is 0.161 e. The van der Waals surface area contributed by atoms with Gasteiger partial charge in [0.25, 0.3) is 0 Å². The Bertz CT molecular complexity index is 727. The molecule has 0 unspecified atom stereocenters. The maximum absolute atomic E-state index is 12.0. The standard InChI is InChI=1S/C20H25NO4/c1-23-18-8-14(22)6-13-11-21-5-4-12-7-19(24-2)20(25-3)10-15(12)17(21)9-16(13)18/h7-8,10,13,16-17H,4-6,9,11H2,1-3H3/t13-,16+,17+/m1/s1. The van der Waals surface area contributed by atoms with Gasteiger partial charge in [0.05, 0.1) is 21.3 Å². The smallest absolute Gasteiger partial charge is 0.161 e. The summed E-state index contributed by atoms with van der Waals surface area (Å²) in [7, 11) is 5.04. The van der Waals surface area contributed by atoms with Crippen LogP contribution in [0.1, 0.15) is 30.0 Å². The van der Waals surface area contributed by atoms with Crippen LogP contribution in [0.3, 0.4) is 0 Å². The van der Waals surface area contributed by atoms with Crippen molar-refractivity contribution in [3.05, 3.63) is 35.1 Å². The van der Waals surface area contributed by atoms with Gasteiger partial charge < -0.3 is 14.2 Å². The number of hydrogen-bond acceptors (Lipinski definition) is 5. The molecule has 0 bridgehead atoms. The van der Waals surface area contributed by atoms with Crippen LogP contribution in [-0.2, 0) is 16.0 Å². The van der Waals surface area contributed by atoms with Crippen LogP contribution in [0.4, 0.5) is 0 Å². The number of nitrogens with zero attached hydrogens (tertiary/aromatic N) is 1. The first-order valence-corrected chi connectivity index (χ1v) is 8.91. The van der Waals surface area contributed by atoms with Crippen LogP contribution in [0.25, 0.3) is 0 Å². The molecule has 3 aliphatic rings. The van der Waals surface area contributed by atoms with E-state index in [0.29, 0.717) is 24.3 Å². The number of fused-ring (bicyclic) bond motifs is 4. The Balaban J connectivity index is 1.70. The highest BCUT2D eigenvalue weighted by Gasteiger charge is 2.43. The molecule has 0 amide bonds. The van der Waals surface area contributed by atoms with Gasteiger partial charge in [-0.15, -0.1) is 0 Å². The van der Waals surface area contributed by atoms with E-state index in [4.69, 9.17) is 14.2 Å². The summed E-state index contributed by atoms with van der Waals surface area (Å²) in [6, 6.07) is 4.60. The summed E-state index contributed by atoms with van der Waals surface area (Å²) in [6.07, 6.45) is 4.33. The molecule has 5 heteroatoms. The van der Waals surface area contributed by atoms with Crippen molar-refractivity contribution in [1.29, 1.82) is 0 Å². The van der Waals surface area contributed by atoms with Crippen LogP contribution in [0.5, 0.6) is 11.5 Å². The molecular formula is C20H25NO4. The Labute approximate surface area is 148 Å². The molecule has 1 aromatic rings. The monoisotopic (exact) mass is 343 g/mol. The lowest BCUT2D eigenvalue weighted by molar-refractivity contribution is -0.118. The van der Waals surface area contributed by atoms with Crippen molar-refractivity contribution in [2.45, 2.75) is 25.3 Å². The van der Waals surface area contributed by atoms with Gasteiger partial charge in [0.15, 0.2) is 17.3 Å². The first kappa shape index (κ1) is 16.5. The second-order valence-corrected chi connectivity index (χ2v) is 7.19. The number of carbonyl (C=O) groups is 1. The molecule has 0 N–H and O–H groups in total. The van der Waals surface area contributed by atoms with E-state index in [1.165, 1.54) is 11.1 Å². The van der Waals surface area contributed by atoms with Crippen molar-refractivity contribution in [2.75, 3.05) is 34.4 Å². The Morgan fingerprint density at radius 3 is 2.56 bits per heavy atom. The van der Waals surface area contributed by atoms with Gasteiger partial charge in [0, 0.05) is 37.5 Å². The Kier molecular flexibility index (Phi) is 4.20. The highest BCUT2D eigenvalue weighted by Crippen LogP contribution is 2.48. The second kappa shape index (κ2) is 6.37. The van der Waals surface area contributed by atoms with E-state index in [-0.39, 0.29) is 5.78 Å². The molecule has 1 fully saturated rings. The summed E-state index contributed by atoms with van der Waals surface area (Å²) >= 11 is 0. The van der Waals surface area contributed by atoms with Crippen LogP contribution >= 0.6 is 0 Å². The Morgan fingerprint density at radius 1 is 1.08 bits per heavy atom. The van der Waals surface area contributed by atoms with Gasteiger partial charge in [-0.2, -0.15) is 0 Å². The topological polar surface area (TPSA) is 48.0 Å². The number of ketones is 1. The first-order chi connectivity index (χ1) is 12.1. The SMILES string of the molecule is COC1=CC(=O)C[C@@H]2CN3CCc4cc(OC)c(OC)cc4[C@@H]3C[C@H]12. The van der Waals surface area contributed by atoms with Gasteiger partial charge in [0.2, 0.25) is 0 Å². The fourth-order valence-corrected chi connectivity index (χ4v) is 4.78. The number of hydrogen-bond donors (Lipinski definition) is 0. The summed E-state index contributed by atoms with van der Waals surface area (Å²) in [5.74, 6) is 3.32. The van der Waals surface area contributed by atoms with Gasteiger partial charge in [-0.25, -0.2) is 0 Å². The van der Waals surface area contributed by atoms with Crippen molar-refractivity contribution >= 4 is 5.78 Å². The van der Waals surface area contributed by atoms with Crippen LogP contribution in [0, 0.1) is 11.8 Å². The Morgan fingerprint density at radius 2 is 1.84 bits per heavy atom. The Hall–Kier alpha value is -2.01. The quantitative estimate of drug-likeness (QED) is 0.845. The minimum atomic E-state index is 0.195. The van der Waals surface area contributed by atoms with Crippen LogP contribution in [-0.4, -0.2) is 45.1 Å². The molecule has 0 radical (unpaired) electrons. The second-order valence-electron chi connectivity index (χ2n) is 7.19. The molecular weight excluding hydrogens is 318 g/mol. The molecule has 0 aromatic heterocycles. The predicted octanol–water partition coefficient (Wildman–Crippen LogP) is 2.74. The van der Waals surface area contributed by atoms with Crippen molar-refractivity contribution in [2.24, 2.45) is 11.8 Å². The highest BCUT2D eigenvalue weighted by molar-refractivity contribution is 5.91. The molecule has 25 heavy (non-hydrogen) atoms. The fraction of sp³-hybridized carbons (Fsp3) is 0.550. The first-order valence-electron chi connectivity index (χ1n) is 8.91. The zero-order valence-corrected chi connectivity index (χ0v) is 15.1. The molecule has 0 saturated carbocycles. The van der Waals surface area contributed by atoms with E-state index >= 15 is 0 Å². The van der Waals surface area contributed by atoms with Gasteiger partial charge in [-0.1, -0.05) is 0 Å². The van der Waals surface area contributed by atoms with Crippen molar-refractivity contribution < 1.29 is 19.0 Å². The molecule has 5 nitrogen and oxygen atoms in total. The third-order valence-electron chi connectivity index (χ3n) is 6.00. The van der Waals surface area contributed by atoms with Gasteiger partial charge in [-0.3, -0.25) is 9.69 Å². The number of methoxy groups -OCH3 is 3. The molecule has 0 spiro atoms. The van der Waals surface area contributed by atoms with Crippen molar-refractivity contribution in [3.8, 4) is 11.5 Å². The lowest BCUT2D eigenvalue weighted by atomic mass is 9.72. The van der Waals surface area contributed by atoms with Crippen molar-refractivity contribution in [3.63, 3.8) is 0 Å². The molecule has 1 aliphatic carbocycles. The predicted molar refractivity (Wildman–Crippen MR) is 93.9 cm³/mol. The van der Waals surface area contributed by atoms with E-state index in [1.807, 2.05) is 0 Å². The van der Waals surface area contributed by atoms with Gasteiger partial charge >= 0.3 is 0 Å². The van der Waals surface area contributed by atoms with E-state index in [0.717, 1.165) is 43.2 Å². The maximum atomic E-state index is 12.0. The largest absolute Gasteiger partial charge is 0.501 e. The van der Waals surface area contributed by atoms with Crippen LogP contribution < -0.4 is 9.47 Å². The number of carbonyl (C=O) groups excluding carboxylic acids is 1. The minimum Gasteiger partial charge on any atom is -0.501 e. The molecule has 134 valence electrons. The molecule has 4 rings (SSSR count). The summed E-state index contributed by atoms with van der Waals surface area (Å²) in [6.45, 7) is 1.98. The molecule has 2 aliphatic heterocycles. The number of benzene rings is 1. The summed E-state index contributed by atoms with van der Waals surface area (Å²) in [4.78, 5) is 14.5. The highest BCUT2D eigenvalue weighted by atomic mass is 16.5. The fourth-order valence-electron chi connectivity index (χ4n) is 4.78. The van der Waals surface area contributed by atoms with Crippen LogP contribution in [0.2, 0.25) is 0 Å². The zero-order chi connectivity index (χ0) is 17.6. The summed E-state index contributed by atoms with van der Waals surface area (Å²) in [5, 5.41) is 0.